The summed E-state index contributed by atoms with van der Waals surface area (Å²) in [6, 6.07) is 14.7. The van der Waals surface area contributed by atoms with Gasteiger partial charge in [0.05, 0.1) is 11.3 Å². The molecule has 0 aliphatic carbocycles. The van der Waals surface area contributed by atoms with Crippen molar-refractivity contribution in [3.63, 3.8) is 0 Å². The van der Waals surface area contributed by atoms with Gasteiger partial charge >= 0.3 is 0 Å². The Morgan fingerprint density at radius 1 is 1.14 bits per heavy atom. The van der Waals surface area contributed by atoms with E-state index in [9.17, 15) is 0 Å². The van der Waals surface area contributed by atoms with E-state index in [1.807, 2.05) is 26.0 Å². The monoisotopic (exact) mass is 299 g/mol. The molecule has 1 heterocycles. The van der Waals surface area contributed by atoms with Crippen LogP contribution in [0.15, 0.2) is 51.9 Å². The summed E-state index contributed by atoms with van der Waals surface area (Å²) in [6.07, 6.45) is 0. The topological polar surface area (TPSA) is 64.9 Å². The van der Waals surface area contributed by atoms with Crippen LogP contribution < -0.4 is 5.73 Å². The second-order valence-corrected chi connectivity index (χ2v) is 6.58. The van der Waals surface area contributed by atoms with Crippen molar-refractivity contribution in [2.45, 2.75) is 30.0 Å². The molecule has 0 spiro atoms. The third-order valence-corrected chi connectivity index (χ3v) is 4.11. The van der Waals surface area contributed by atoms with E-state index in [-0.39, 0.29) is 0 Å². The third kappa shape index (κ3) is 3.25. The second kappa shape index (κ2) is 5.50. The van der Waals surface area contributed by atoms with E-state index in [0.29, 0.717) is 17.5 Å². The number of aromatic nitrogens is 2. The molecule has 0 saturated carbocycles. The van der Waals surface area contributed by atoms with Gasteiger partial charge in [0.25, 0.3) is 0 Å². The lowest BCUT2D eigenvalue weighted by Gasteiger charge is -2.11. The van der Waals surface area contributed by atoms with Gasteiger partial charge in [-0.25, -0.2) is 0 Å². The normalized spacial score (nSPS) is 12.0. The van der Waals surface area contributed by atoms with Gasteiger partial charge in [-0.15, -0.1) is 11.8 Å². The summed E-state index contributed by atoms with van der Waals surface area (Å²) >= 11 is 1.68. The molecule has 2 aromatic carbocycles. The first kappa shape index (κ1) is 14.1. The van der Waals surface area contributed by atoms with Gasteiger partial charge in [0.15, 0.2) is 5.82 Å². The molecule has 0 aliphatic rings. The number of nitrogens with zero attached hydrogens (tertiary/aromatic N) is 2. The molecule has 5 heteroatoms. The smallest absolute Gasteiger partial charge is 0.237 e. The van der Waals surface area contributed by atoms with Crippen LogP contribution in [0.1, 0.15) is 25.6 Å². The van der Waals surface area contributed by atoms with Gasteiger partial charge in [0.1, 0.15) is 0 Å². The van der Waals surface area contributed by atoms with Crippen LogP contribution in [0, 0.1) is 0 Å². The Hall–Kier alpha value is -1.85. The lowest BCUT2D eigenvalue weighted by atomic mass is 10.1. The Morgan fingerprint density at radius 2 is 1.90 bits per heavy atom. The molecule has 0 atom stereocenters. The molecule has 0 bridgehead atoms. The van der Waals surface area contributed by atoms with Gasteiger partial charge in [0.2, 0.25) is 5.89 Å². The molecular weight excluding hydrogens is 282 g/mol. The molecule has 0 saturated heterocycles. The first-order valence-corrected chi connectivity index (χ1v) is 7.74. The molecule has 3 aromatic rings. The van der Waals surface area contributed by atoms with Crippen molar-refractivity contribution in [3.05, 3.63) is 54.2 Å². The Balaban J connectivity index is 1.73. The largest absolute Gasteiger partial charge is 0.338 e. The molecule has 0 aliphatic heterocycles. The van der Waals surface area contributed by atoms with Gasteiger partial charge in [0, 0.05) is 4.90 Å². The number of nitrogens with two attached hydrogens (primary N) is 1. The second-order valence-electron chi connectivity index (χ2n) is 5.53. The zero-order chi connectivity index (χ0) is 14.9. The first-order valence-electron chi connectivity index (χ1n) is 6.76. The highest BCUT2D eigenvalue weighted by atomic mass is 32.2. The summed E-state index contributed by atoms with van der Waals surface area (Å²) in [5.74, 6) is 1.78. The van der Waals surface area contributed by atoms with Crippen LogP contribution in [0.3, 0.4) is 0 Å². The maximum absolute atomic E-state index is 5.95. The van der Waals surface area contributed by atoms with E-state index in [1.165, 1.54) is 15.7 Å². The SMILES string of the molecule is CC(C)(N)c1noc(CSc2ccc3ccccc3c2)n1. The van der Waals surface area contributed by atoms with Crippen molar-refractivity contribution in [1.29, 1.82) is 0 Å². The predicted octanol–water partition coefficient (Wildman–Crippen LogP) is 3.71. The zero-order valence-electron chi connectivity index (χ0n) is 12.0. The number of rotatable bonds is 4. The lowest BCUT2D eigenvalue weighted by Crippen LogP contribution is -2.30. The standard InChI is InChI=1S/C16H17N3OS/c1-16(2,17)15-18-14(20-19-15)10-21-13-8-7-11-5-3-4-6-12(11)9-13/h3-9H,10,17H2,1-2H3. The van der Waals surface area contributed by atoms with E-state index in [1.54, 1.807) is 11.8 Å². The van der Waals surface area contributed by atoms with Crippen LogP contribution in [-0.4, -0.2) is 10.1 Å². The zero-order valence-corrected chi connectivity index (χ0v) is 12.9. The van der Waals surface area contributed by atoms with Crippen LogP contribution >= 0.6 is 11.8 Å². The molecule has 1 aromatic heterocycles. The van der Waals surface area contributed by atoms with Crippen LogP contribution in [0.2, 0.25) is 0 Å². The molecule has 0 amide bonds. The minimum atomic E-state index is -0.574. The highest BCUT2D eigenvalue weighted by Gasteiger charge is 2.21. The number of fused-ring (bicyclic) bond motifs is 1. The average Bonchev–Trinajstić information content (AvgIpc) is 2.94. The Labute approximate surface area is 127 Å². The highest BCUT2D eigenvalue weighted by molar-refractivity contribution is 7.98. The molecule has 108 valence electrons. The third-order valence-electron chi connectivity index (χ3n) is 3.13. The summed E-state index contributed by atoms with van der Waals surface area (Å²) in [6.45, 7) is 3.72. The minimum absolute atomic E-state index is 0.539. The van der Waals surface area contributed by atoms with E-state index in [2.05, 4.69) is 40.5 Å². The number of hydrogen-bond acceptors (Lipinski definition) is 5. The van der Waals surface area contributed by atoms with E-state index < -0.39 is 5.54 Å². The van der Waals surface area contributed by atoms with Gasteiger partial charge in [-0.05, 0) is 36.8 Å². The van der Waals surface area contributed by atoms with E-state index in [0.717, 1.165) is 0 Å². The fraction of sp³-hybridized carbons (Fsp3) is 0.250. The Morgan fingerprint density at radius 3 is 2.62 bits per heavy atom. The van der Waals surface area contributed by atoms with Gasteiger partial charge in [-0.2, -0.15) is 4.98 Å². The summed E-state index contributed by atoms with van der Waals surface area (Å²) < 4.78 is 5.24. The number of thioether (sulfide) groups is 1. The molecule has 21 heavy (non-hydrogen) atoms. The maximum Gasteiger partial charge on any atom is 0.237 e. The highest BCUT2D eigenvalue weighted by Crippen LogP contribution is 2.26. The van der Waals surface area contributed by atoms with Gasteiger partial charge in [-0.1, -0.05) is 35.5 Å². The van der Waals surface area contributed by atoms with Crippen LogP contribution in [0.25, 0.3) is 10.8 Å². The van der Waals surface area contributed by atoms with Crippen molar-refractivity contribution in [2.24, 2.45) is 5.73 Å². The minimum Gasteiger partial charge on any atom is -0.338 e. The Bertz CT molecular complexity index is 761. The molecule has 0 fully saturated rings. The molecule has 0 radical (unpaired) electrons. The number of hydrogen-bond donors (Lipinski definition) is 1. The van der Waals surface area contributed by atoms with Crippen LogP contribution in [-0.2, 0) is 11.3 Å². The molecule has 0 unspecified atom stereocenters. The summed E-state index contributed by atoms with van der Waals surface area (Å²) in [4.78, 5) is 5.52. The maximum atomic E-state index is 5.95. The van der Waals surface area contributed by atoms with Gasteiger partial charge < -0.3 is 10.3 Å². The fourth-order valence-corrected chi connectivity index (χ4v) is 2.76. The van der Waals surface area contributed by atoms with Gasteiger partial charge in [-0.3, -0.25) is 0 Å². The van der Waals surface area contributed by atoms with Crippen molar-refractivity contribution in [3.8, 4) is 0 Å². The summed E-state index contributed by atoms with van der Waals surface area (Å²) in [7, 11) is 0. The predicted molar refractivity (Wildman–Crippen MR) is 85.0 cm³/mol. The van der Waals surface area contributed by atoms with Crippen molar-refractivity contribution in [2.75, 3.05) is 0 Å². The summed E-state index contributed by atoms with van der Waals surface area (Å²) in [5, 5.41) is 6.40. The summed E-state index contributed by atoms with van der Waals surface area (Å²) in [5.41, 5.74) is 5.37. The van der Waals surface area contributed by atoms with Crippen molar-refractivity contribution >= 4 is 22.5 Å². The van der Waals surface area contributed by atoms with E-state index >= 15 is 0 Å². The average molecular weight is 299 g/mol. The van der Waals surface area contributed by atoms with Crippen LogP contribution in [0.5, 0.6) is 0 Å². The molecule has 2 N–H and O–H groups in total. The first-order chi connectivity index (χ1) is 10.0. The molecular formula is C16H17N3OS. The van der Waals surface area contributed by atoms with Crippen LogP contribution in [0.4, 0.5) is 0 Å². The number of benzene rings is 2. The molecule has 4 nitrogen and oxygen atoms in total. The lowest BCUT2D eigenvalue weighted by molar-refractivity contribution is 0.370. The quantitative estimate of drug-likeness (QED) is 0.744. The van der Waals surface area contributed by atoms with Crippen molar-refractivity contribution in [1.82, 2.24) is 10.1 Å². The Kier molecular flexibility index (Phi) is 3.69. The van der Waals surface area contributed by atoms with E-state index in [4.69, 9.17) is 10.3 Å². The van der Waals surface area contributed by atoms with Crippen molar-refractivity contribution < 1.29 is 4.52 Å². The molecule has 3 rings (SSSR count). The fourth-order valence-electron chi connectivity index (χ4n) is 1.98.